The van der Waals surface area contributed by atoms with Crippen LogP contribution >= 0.6 is 0 Å². The molecule has 0 aromatic heterocycles. The fraction of sp³-hybridized carbons (Fsp3) is 0.538. The molecule has 1 N–H and O–H groups in total. The molecule has 3 fully saturated rings. The highest BCUT2D eigenvalue weighted by Gasteiger charge is 2.53. The third-order valence-electron chi connectivity index (χ3n) is 7.93. The van der Waals surface area contributed by atoms with Crippen molar-refractivity contribution in [3.8, 4) is 0 Å². The Labute approximate surface area is 175 Å². The summed E-state index contributed by atoms with van der Waals surface area (Å²) in [5.74, 6) is 0.891. The van der Waals surface area contributed by atoms with Gasteiger partial charge >= 0.3 is 0 Å². The van der Waals surface area contributed by atoms with Gasteiger partial charge in [-0.2, -0.15) is 0 Å². The first-order chi connectivity index (χ1) is 14.2. The monoisotopic (exact) mass is 390 g/mol. The van der Waals surface area contributed by atoms with E-state index in [1.165, 1.54) is 43.4 Å². The Morgan fingerprint density at radius 2 is 1.48 bits per heavy atom. The van der Waals surface area contributed by atoms with E-state index in [0.717, 1.165) is 32.6 Å². The van der Waals surface area contributed by atoms with Gasteiger partial charge in [0.1, 0.15) is 0 Å². The van der Waals surface area contributed by atoms with Gasteiger partial charge in [-0.3, -0.25) is 4.90 Å². The first kappa shape index (κ1) is 19.1. The van der Waals surface area contributed by atoms with Crippen LogP contribution in [0.25, 0.3) is 0 Å². The van der Waals surface area contributed by atoms with Crippen molar-refractivity contribution >= 4 is 5.69 Å². The molecule has 2 aromatic rings. The molecule has 0 radical (unpaired) electrons. The topological polar surface area (TPSA) is 26.7 Å². The van der Waals surface area contributed by atoms with Crippen molar-refractivity contribution in [2.24, 2.45) is 11.8 Å². The summed E-state index contributed by atoms with van der Waals surface area (Å²) in [7, 11) is 0. The summed E-state index contributed by atoms with van der Waals surface area (Å²) in [6, 6.07) is 22.0. The summed E-state index contributed by atoms with van der Waals surface area (Å²) >= 11 is 0. The molecule has 2 bridgehead atoms. The Morgan fingerprint density at radius 1 is 0.793 bits per heavy atom. The summed E-state index contributed by atoms with van der Waals surface area (Å²) in [6.45, 7) is 4.41. The molecular weight excluding hydrogens is 356 g/mol. The smallest absolute Gasteiger partial charge is 0.0758 e. The number of aliphatic hydroxyl groups is 1. The van der Waals surface area contributed by atoms with Crippen LogP contribution in [0.2, 0.25) is 0 Å². The maximum absolute atomic E-state index is 12.0. The van der Waals surface area contributed by atoms with Crippen LogP contribution in [0, 0.1) is 11.8 Å². The molecule has 3 nitrogen and oxygen atoms in total. The minimum Gasteiger partial charge on any atom is -0.389 e. The van der Waals surface area contributed by atoms with Crippen molar-refractivity contribution in [2.45, 2.75) is 50.2 Å². The van der Waals surface area contributed by atoms with E-state index >= 15 is 0 Å². The maximum atomic E-state index is 12.0. The Balaban J connectivity index is 1.31. The van der Waals surface area contributed by atoms with Gasteiger partial charge in [-0.15, -0.1) is 0 Å². The van der Waals surface area contributed by atoms with Crippen LogP contribution in [0.15, 0.2) is 60.7 Å². The van der Waals surface area contributed by atoms with Crippen molar-refractivity contribution in [2.75, 3.05) is 31.1 Å². The molecule has 2 saturated carbocycles. The fourth-order valence-electron chi connectivity index (χ4n) is 6.47. The zero-order valence-corrected chi connectivity index (χ0v) is 17.4. The molecule has 154 valence electrons. The maximum Gasteiger partial charge on any atom is 0.0758 e. The number of hydrogen-bond donors (Lipinski definition) is 1. The average Bonchev–Trinajstić information content (AvgIpc) is 2.75. The zero-order valence-electron chi connectivity index (χ0n) is 17.4. The Bertz CT molecular complexity index is 787. The lowest BCUT2D eigenvalue weighted by molar-refractivity contribution is -0.148. The van der Waals surface area contributed by atoms with Crippen molar-refractivity contribution in [1.82, 2.24) is 4.90 Å². The van der Waals surface area contributed by atoms with E-state index in [9.17, 15) is 5.11 Å². The predicted octanol–water partition coefficient (Wildman–Crippen LogP) is 4.36. The van der Waals surface area contributed by atoms with Gasteiger partial charge in [0, 0.05) is 50.2 Å². The molecule has 0 amide bonds. The molecule has 5 rings (SSSR count). The third-order valence-corrected chi connectivity index (χ3v) is 7.93. The number of para-hydroxylation sites is 1. The quantitative estimate of drug-likeness (QED) is 0.840. The van der Waals surface area contributed by atoms with E-state index in [0.29, 0.717) is 17.9 Å². The molecule has 2 aliphatic carbocycles. The molecule has 4 atom stereocenters. The summed E-state index contributed by atoms with van der Waals surface area (Å²) in [5, 5.41) is 12.0. The van der Waals surface area contributed by atoms with Gasteiger partial charge in [0.25, 0.3) is 0 Å². The first-order valence-corrected chi connectivity index (χ1v) is 11.5. The number of benzene rings is 2. The molecule has 29 heavy (non-hydrogen) atoms. The van der Waals surface area contributed by atoms with Crippen molar-refractivity contribution in [3.05, 3.63) is 66.2 Å². The Kier molecular flexibility index (Phi) is 5.36. The molecule has 1 heterocycles. The summed E-state index contributed by atoms with van der Waals surface area (Å²) in [6.07, 6.45) is 6.94. The molecule has 1 saturated heterocycles. The van der Waals surface area contributed by atoms with E-state index in [1.54, 1.807) is 0 Å². The number of nitrogens with zero attached hydrogens (tertiary/aromatic N) is 2. The second-order valence-corrected chi connectivity index (χ2v) is 9.39. The molecule has 4 unspecified atom stereocenters. The lowest BCUT2D eigenvalue weighted by atomic mass is 9.57. The third kappa shape index (κ3) is 3.71. The van der Waals surface area contributed by atoms with Crippen molar-refractivity contribution in [3.63, 3.8) is 0 Å². The Morgan fingerprint density at radius 3 is 2.21 bits per heavy atom. The zero-order chi connectivity index (χ0) is 19.7. The average molecular weight is 391 g/mol. The number of fused-ring (bicyclic) bond motifs is 2. The number of anilines is 1. The largest absolute Gasteiger partial charge is 0.389 e. The second-order valence-electron chi connectivity index (χ2n) is 9.39. The van der Waals surface area contributed by atoms with E-state index < -0.39 is 5.60 Å². The minimum atomic E-state index is -0.529. The SMILES string of the molecule is OC1(Cc2ccccc2)C2CCCC1C(N1CCN(c3ccccc3)CC1)CC2. The lowest BCUT2D eigenvalue weighted by Gasteiger charge is -2.56. The summed E-state index contributed by atoms with van der Waals surface area (Å²) < 4.78 is 0. The molecule has 2 aromatic carbocycles. The van der Waals surface area contributed by atoms with Gasteiger partial charge in [0.05, 0.1) is 5.60 Å². The molecule has 3 aliphatic rings. The summed E-state index contributed by atoms with van der Waals surface area (Å²) in [4.78, 5) is 5.22. The highest BCUT2D eigenvalue weighted by Crippen LogP contribution is 2.50. The van der Waals surface area contributed by atoms with Gasteiger partial charge in [0.2, 0.25) is 0 Å². The second kappa shape index (κ2) is 8.12. The van der Waals surface area contributed by atoms with Crippen LogP contribution in [-0.2, 0) is 6.42 Å². The van der Waals surface area contributed by atoms with Crippen LogP contribution in [0.1, 0.15) is 37.7 Å². The van der Waals surface area contributed by atoms with Gasteiger partial charge in [-0.05, 0) is 49.3 Å². The predicted molar refractivity (Wildman–Crippen MR) is 119 cm³/mol. The van der Waals surface area contributed by atoms with E-state index in [1.807, 2.05) is 0 Å². The number of rotatable bonds is 4. The van der Waals surface area contributed by atoms with Gasteiger partial charge in [0.15, 0.2) is 0 Å². The van der Waals surface area contributed by atoms with Crippen molar-refractivity contribution in [1.29, 1.82) is 0 Å². The van der Waals surface area contributed by atoms with Crippen LogP contribution in [-0.4, -0.2) is 47.8 Å². The lowest BCUT2D eigenvalue weighted by Crippen LogP contribution is -2.63. The Hall–Kier alpha value is -1.84. The summed E-state index contributed by atoms with van der Waals surface area (Å²) in [5.41, 5.74) is 2.11. The van der Waals surface area contributed by atoms with E-state index in [4.69, 9.17) is 0 Å². The van der Waals surface area contributed by atoms with Crippen molar-refractivity contribution < 1.29 is 5.11 Å². The number of piperazine rings is 1. The number of hydrogen-bond acceptors (Lipinski definition) is 3. The molecule has 1 aliphatic heterocycles. The normalized spacial score (nSPS) is 32.9. The van der Waals surface area contributed by atoms with E-state index in [2.05, 4.69) is 70.5 Å². The molecule has 3 heteroatoms. The van der Waals surface area contributed by atoms with Gasteiger partial charge in [-0.25, -0.2) is 0 Å². The highest BCUT2D eigenvalue weighted by atomic mass is 16.3. The van der Waals surface area contributed by atoms with Crippen LogP contribution in [0.5, 0.6) is 0 Å². The van der Waals surface area contributed by atoms with Crippen LogP contribution in [0.3, 0.4) is 0 Å². The molecule has 0 spiro atoms. The van der Waals surface area contributed by atoms with Gasteiger partial charge < -0.3 is 10.0 Å². The first-order valence-electron chi connectivity index (χ1n) is 11.5. The van der Waals surface area contributed by atoms with Gasteiger partial charge in [-0.1, -0.05) is 55.0 Å². The van der Waals surface area contributed by atoms with E-state index in [-0.39, 0.29) is 0 Å². The molecular formula is C26H34N2O. The fourth-order valence-corrected chi connectivity index (χ4v) is 6.47. The minimum absolute atomic E-state index is 0.415. The van der Waals surface area contributed by atoms with Crippen LogP contribution < -0.4 is 4.90 Å². The standard InChI is InChI=1S/C26H34N2O/c29-26(20-21-8-3-1-4-9-21)22-10-7-13-24(26)25(15-14-22)28-18-16-27(17-19-28)23-11-5-2-6-12-23/h1-6,8-9,11-12,22,24-25,29H,7,10,13-20H2. The van der Waals surface area contributed by atoms with Crippen LogP contribution in [0.4, 0.5) is 5.69 Å². The highest BCUT2D eigenvalue weighted by molar-refractivity contribution is 5.46.